The lowest BCUT2D eigenvalue weighted by Gasteiger charge is -2.30. The monoisotopic (exact) mass is 509 g/mol. The number of hydrogen-bond donors (Lipinski definition) is 1. The van der Waals surface area contributed by atoms with Crippen LogP contribution in [0.1, 0.15) is 24.2 Å². The van der Waals surface area contributed by atoms with Crippen LogP contribution in [0, 0.1) is 0 Å². The van der Waals surface area contributed by atoms with Gasteiger partial charge in [0.05, 0.1) is 25.5 Å². The number of sulfonamides is 1. The third kappa shape index (κ3) is 5.80. The molecular formula is C27H27NO7S. The first-order valence-corrected chi connectivity index (χ1v) is 13.2. The summed E-state index contributed by atoms with van der Waals surface area (Å²) in [5.41, 5.74) is 3.70. The van der Waals surface area contributed by atoms with E-state index >= 15 is 0 Å². The first-order chi connectivity index (χ1) is 17.3. The Morgan fingerprint density at radius 1 is 1.11 bits per heavy atom. The fraction of sp³-hybridized carbons (Fsp3) is 0.222. The van der Waals surface area contributed by atoms with Crippen molar-refractivity contribution < 1.29 is 32.2 Å². The lowest BCUT2D eigenvalue weighted by atomic mass is 9.88. The standard InChI is InChI=1S/C27H27NO7S/c1-4-33-25(29)12-7-15-34-20-9-5-8-18(16-20)27-22-17-19(28-36(3,30)31)13-14-21(22)26-23(32-2)10-6-11-24(26)35-27/h5-14,16-17,27-28H,4,15H2,1-3H3. The minimum atomic E-state index is -3.46. The second kappa shape index (κ2) is 10.7. The molecule has 1 aliphatic heterocycles. The number of benzene rings is 3. The number of carbonyl (C=O) groups is 1. The number of methoxy groups -OCH3 is 1. The van der Waals surface area contributed by atoms with Crippen LogP contribution in [0.25, 0.3) is 11.1 Å². The van der Waals surface area contributed by atoms with Crippen molar-refractivity contribution in [3.63, 3.8) is 0 Å². The zero-order valence-corrected chi connectivity index (χ0v) is 21.0. The summed E-state index contributed by atoms with van der Waals surface area (Å²) in [7, 11) is -1.87. The molecule has 0 spiro atoms. The predicted octanol–water partition coefficient (Wildman–Crippen LogP) is 4.71. The molecule has 0 saturated carbocycles. The summed E-state index contributed by atoms with van der Waals surface area (Å²) in [6.45, 7) is 2.24. The van der Waals surface area contributed by atoms with Gasteiger partial charge in [0.15, 0.2) is 0 Å². The number of anilines is 1. The Morgan fingerprint density at radius 3 is 2.67 bits per heavy atom. The summed E-state index contributed by atoms with van der Waals surface area (Å²) < 4.78 is 48.9. The third-order valence-electron chi connectivity index (χ3n) is 5.41. The minimum Gasteiger partial charge on any atom is -0.496 e. The molecule has 188 valence electrons. The molecule has 8 nitrogen and oxygen atoms in total. The number of esters is 1. The quantitative estimate of drug-likeness (QED) is 0.329. The van der Waals surface area contributed by atoms with Gasteiger partial charge in [-0.3, -0.25) is 4.72 Å². The van der Waals surface area contributed by atoms with E-state index in [9.17, 15) is 13.2 Å². The largest absolute Gasteiger partial charge is 0.496 e. The zero-order valence-electron chi connectivity index (χ0n) is 20.2. The molecule has 0 bridgehead atoms. The van der Waals surface area contributed by atoms with Crippen LogP contribution >= 0.6 is 0 Å². The summed E-state index contributed by atoms with van der Waals surface area (Å²) in [4.78, 5) is 11.5. The van der Waals surface area contributed by atoms with Gasteiger partial charge < -0.3 is 18.9 Å². The number of ether oxygens (including phenoxy) is 4. The van der Waals surface area contributed by atoms with Crippen molar-refractivity contribution in [1.82, 2.24) is 0 Å². The highest BCUT2D eigenvalue weighted by Gasteiger charge is 2.30. The second-order valence-corrected chi connectivity index (χ2v) is 9.79. The molecule has 0 saturated heterocycles. The van der Waals surface area contributed by atoms with E-state index in [1.807, 2.05) is 48.5 Å². The molecule has 36 heavy (non-hydrogen) atoms. The Kier molecular flexibility index (Phi) is 7.49. The van der Waals surface area contributed by atoms with Crippen LogP contribution in [0.2, 0.25) is 0 Å². The Labute approximate surface area is 210 Å². The molecule has 9 heteroatoms. The third-order valence-corrected chi connectivity index (χ3v) is 6.01. The van der Waals surface area contributed by atoms with Crippen molar-refractivity contribution in [2.75, 3.05) is 31.3 Å². The summed E-state index contributed by atoms with van der Waals surface area (Å²) in [5, 5.41) is 0. The zero-order chi connectivity index (χ0) is 25.7. The fourth-order valence-electron chi connectivity index (χ4n) is 4.01. The predicted molar refractivity (Wildman–Crippen MR) is 137 cm³/mol. The average molecular weight is 510 g/mol. The van der Waals surface area contributed by atoms with Crippen LogP contribution in [-0.4, -0.2) is 41.0 Å². The van der Waals surface area contributed by atoms with Crippen molar-refractivity contribution >= 4 is 21.7 Å². The number of rotatable bonds is 9. The van der Waals surface area contributed by atoms with E-state index in [-0.39, 0.29) is 6.61 Å². The van der Waals surface area contributed by atoms with Gasteiger partial charge in [0, 0.05) is 22.9 Å². The van der Waals surface area contributed by atoms with E-state index in [2.05, 4.69) is 4.72 Å². The van der Waals surface area contributed by atoms with Crippen LogP contribution in [0.5, 0.6) is 17.2 Å². The minimum absolute atomic E-state index is 0.187. The summed E-state index contributed by atoms with van der Waals surface area (Å²) in [6, 6.07) is 18.4. The van der Waals surface area contributed by atoms with Crippen molar-refractivity contribution in [2.24, 2.45) is 0 Å². The second-order valence-electron chi connectivity index (χ2n) is 8.05. The lowest BCUT2D eigenvalue weighted by molar-refractivity contribution is -0.137. The first kappa shape index (κ1) is 25.1. The highest BCUT2D eigenvalue weighted by Crippen LogP contribution is 2.49. The van der Waals surface area contributed by atoms with Crippen molar-refractivity contribution in [1.29, 1.82) is 0 Å². The van der Waals surface area contributed by atoms with Crippen molar-refractivity contribution in [3.05, 3.63) is 83.9 Å². The lowest BCUT2D eigenvalue weighted by Crippen LogP contribution is -2.17. The smallest absolute Gasteiger partial charge is 0.330 e. The van der Waals surface area contributed by atoms with E-state index in [0.717, 1.165) is 28.5 Å². The van der Waals surface area contributed by atoms with Gasteiger partial charge in [-0.05, 0) is 55.0 Å². The number of carbonyl (C=O) groups excluding carboxylic acids is 1. The molecule has 1 heterocycles. The Bertz CT molecular complexity index is 1400. The van der Waals surface area contributed by atoms with Gasteiger partial charge in [-0.2, -0.15) is 0 Å². The normalized spacial score (nSPS) is 14.4. The Hall–Kier alpha value is -3.98. The molecule has 1 aliphatic rings. The fourth-order valence-corrected chi connectivity index (χ4v) is 4.57. The highest BCUT2D eigenvalue weighted by molar-refractivity contribution is 7.92. The summed E-state index contributed by atoms with van der Waals surface area (Å²) in [5.74, 6) is 1.48. The van der Waals surface area contributed by atoms with Gasteiger partial charge in [0.2, 0.25) is 10.0 Å². The average Bonchev–Trinajstić information content (AvgIpc) is 2.85. The van der Waals surface area contributed by atoms with E-state index in [0.29, 0.717) is 29.5 Å². The van der Waals surface area contributed by atoms with Crippen LogP contribution in [0.4, 0.5) is 5.69 Å². The molecule has 0 amide bonds. The highest BCUT2D eigenvalue weighted by atomic mass is 32.2. The van der Waals surface area contributed by atoms with Gasteiger partial charge in [-0.25, -0.2) is 13.2 Å². The number of hydrogen-bond acceptors (Lipinski definition) is 7. The number of fused-ring (bicyclic) bond motifs is 3. The summed E-state index contributed by atoms with van der Waals surface area (Å²) in [6.07, 6.45) is 3.49. The molecule has 1 N–H and O–H groups in total. The summed E-state index contributed by atoms with van der Waals surface area (Å²) >= 11 is 0. The van der Waals surface area contributed by atoms with Gasteiger partial charge in [-0.1, -0.05) is 24.3 Å². The molecule has 0 aliphatic carbocycles. The molecule has 3 aromatic rings. The number of nitrogens with one attached hydrogen (secondary N) is 1. The molecule has 1 unspecified atom stereocenters. The van der Waals surface area contributed by atoms with Crippen molar-refractivity contribution in [3.8, 4) is 28.4 Å². The van der Waals surface area contributed by atoms with Crippen LogP contribution < -0.4 is 18.9 Å². The van der Waals surface area contributed by atoms with E-state index in [4.69, 9.17) is 18.9 Å². The maximum Gasteiger partial charge on any atom is 0.330 e. The Balaban J connectivity index is 1.69. The SMILES string of the molecule is CCOC(=O)C=CCOc1cccc(C2Oc3cccc(OC)c3-c3ccc(NS(C)(=O)=O)cc32)c1. The maximum atomic E-state index is 11.9. The van der Waals surface area contributed by atoms with Crippen molar-refractivity contribution in [2.45, 2.75) is 13.0 Å². The molecule has 4 rings (SSSR count). The van der Waals surface area contributed by atoms with Gasteiger partial charge in [0.1, 0.15) is 30.0 Å². The van der Waals surface area contributed by atoms with Crippen LogP contribution in [-0.2, 0) is 19.6 Å². The molecular weight excluding hydrogens is 482 g/mol. The maximum absolute atomic E-state index is 11.9. The first-order valence-electron chi connectivity index (χ1n) is 11.3. The van der Waals surface area contributed by atoms with E-state index < -0.39 is 22.1 Å². The molecule has 1 atom stereocenters. The van der Waals surface area contributed by atoms with Gasteiger partial charge >= 0.3 is 5.97 Å². The molecule has 3 aromatic carbocycles. The van der Waals surface area contributed by atoms with E-state index in [1.54, 1.807) is 32.2 Å². The van der Waals surface area contributed by atoms with Crippen LogP contribution in [0.3, 0.4) is 0 Å². The molecule has 0 radical (unpaired) electrons. The van der Waals surface area contributed by atoms with E-state index in [1.165, 1.54) is 6.08 Å². The topological polar surface area (TPSA) is 100 Å². The molecule has 0 fully saturated rings. The van der Waals surface area contributed by atoms with Crippen LogP contribution in [0.15, 0.2) is 72.8 Å². The van der Waals surface area contributed by atoms with Gasteiger partial charge in [0.25, 0.3) is 0 Å². The van der Waals surface area contributed by atoms with Gasteiger partial charge in [-0.15, -0.1) is 0 Å². The Morgan fingerprint density at radius 2 is 1.92 bits per heavy atom. The molecule has 0 aromatic heterocycles.